The van der Waals surface area contributed by atoms with Crippen LogP contribution in [0.15, 0.2) is 42.7 Å². The third-order valence-corrected chi connectivity index (χ3v) is 5.98. The number of hydrogen-bond donors (Lipinski definition) is 1. The third kappa shape index (κ3) is 4.80. The highest BCUT2D eigenvalue weighted by Gasteiger charge is 2.29. The standard InChI is InChI=1S/C20H21F3N4S/c21-20(22,23)11-16-10-17-18(24-13-25-19(17)28-16)26-15-6-8-27(9-7-15)12-14-4-2-1-3-5-14/h1-5,10,13,15H,6-9,11-12H2,(H,24,25,26). The molecule has 1 N–H and O–H groups in total. The van der Waals surface area contributed by atoms with Crippen molar-refractivity contribution in [1.82, 2.24) is 14.9 Å². The van der Waals surface area contributed by atoms with E-state index < -0.39 is 12.6 Å². The summed E-state index contributed by atoms with van der Waals surface area (Å²) in [5.41, 5.74) is 1.31. The van der Waals surface area contributed by atoms with Crippen molar-refractivity contribution < 1.29 is 13.2 Å². The molecule has 0 unspecified atom stereocenters. The van der Waals surface area contributed by atoms with Crippen molar-refractivity contribution in [1.29, 1.82) is 0 Å². The second-order valence-electron chi connectivity index (χ2n) is 7.13. The van der Waals surface area contributed by atoms with Crippen LogP contribution in [-0.4, -0.2) is 40.2 Å². The molecule has 28 heavy (non-hydrogen) atoms. The smallest absolute Gasteiger partial charge is 0.367 e. The van der Waals surface area contributed by atoms with E-state index >= 15 is 0 Å². The lowest BCUT2D eigenvalue weighted by molar-refractivity contribution is -0.126. The van der Waals surface area contributed by atoms with Gasteiger partial charge in [-0.2, -0.15) is 13.2 Å². The average molecular weight is 406 g/mol. The number of likely N-dealkylation sites (tertiary alicyclic amines) is 1. The first-order chi connectivity index (χ1) is 13.5. The molecule has 1 aromatic carbocycles. The van der Waals surface area contributed by atoms with Crippen LogP contribution in [0.2, 0.25) is 0 Å². The molecule has 8 heteroatoms. The second kappa shape index (κ2) is 8.05. The van der Waals surface area contributed by atoms with E-state index in [4.69, 9.17) is 0 Å². The van der Waals surface area contributed by atoms with Crippen LogP contribution in [0.5, 0.6) is 0 Å². The molecule has 0 radical (unpaired) electrons. The minimum atomic E-state index is -4.21. The molecule has 3 heterocycles. The van der Waals surface area contributed by atoms with Gasteiger partial charge in [-0.3, -0.25) is 4.90 Å². The van der Waals surface area contributed by atoms with Gasteiger partial charge in [0.1, 0.15) is 17.0 Å². The van der Waals surface area contributed by atoms with Gasteiger partial charge in [0.05, 0.1) is 11.8 Å². The van der Waals surface area contributed by atoms with E-state index in [1.165, 1.54) is 11.9 Å². The summed E-state index contributed by atoms with van der Waals surface area (Å²) in [5, 5.41) is 4.11. The predicted molar refractivity (Wildman–Crippen MR) is 106 cm³/mol. The second-order valence-corrected chi connectivity index (χ2v) is 8.24. The van der Waals surface area contributed by atoms with E-state index in [2.05, 4.69) is 44.5 Å². The monoisotopic (exact) mass is 406 g/mol. The van der Waals surface area contributed by atoms with Crippen molar-refractivity contribution in [2.45, 2.75) is 38.0 Å². The number of piperidine rings is 1. The molecule has 1 aliphatic heterocycles. The van der Waals surface area contributed by atoms with Crippen molar-refractivity contribution in [3.63, 3.8) is 0 Å². The SMILES string of the molecule is FC(F)(F)Cc1cc2c(NC3CCN(Cc4ccccc4)CC3)ncnc2s1. The summed E-state index contributed by atoms with van der Waals surface area (Å²) in [7, 11) is 0. The van der Waals surface area contributed by atoms with Crippen molar-refractivity contribution >= 4 is 27.4 Å². The fourth-order valence-corrected chi connectivity index (χ4v) is 4.60. The quantitative estimate of drug-likeness (QED) is 0.656. The molecule has 0 amide bonds. The Morgan fingerprint density at radius 2 is 1.86 bits per heavy atom. The maximum absolute atomic E-state index is 12.7. The Kier molecular flexibility index (Phi) is 5.50. The number of nitrogens with one attached hydrogen (secondary N) is 1. The van der Waals surface area contributed by atoms with Gasteiger partial charge in [0.2, 0.25) is 0 Å². The van der Waals surface area contributed by atoms with Gasteiger partial charge in [-0.1, -0.05) is 30.3 Å². The third-order valence-electron chi connectivity index (χ3n) is 4.93. The van der Waals surface area contributed by atoms with E-state index in [0.29, 0.717) is 16.0 Å². The lowest BCUT2D eigenvalue weighted by Crippen LogP contribution is -2.38. The van der Waals surface area contributed by atoms with Crippen molar-refractivity contribution in [2.75, 3.05) is 18.4 Å². The summed E-state index contributed by atoms with van der Waals surface area (Å²) >= 11 is 1.08. The van der Waals surface area contributed by atoms with Crippen LogP contribution in [0.1, 0.15) is 23.3 Å². The summed E-state index contributed by atoms with van der Waals surface area (Å²) in [6, 6.07) is 12.2. The molecule has 0 spiro atoms. The van der Waals surface area contributed by atoms with Gasteiger partial charge in [0, 0.05) is 30.6 Å². The van der Waals surface area contributed by atoms with Crippen LogP contribution in [0, 0.1) is 0 Å². The zero-order valence-corrected chi connectivity index (χ0v) is 16.1. The van der Waals surface area contributed by atoms with Gasteiger partial charge in [-0.05, 0) is 24.5 Å². The summed E-state index contributed by atoms with van der Waals surface area (Å²) in [6.07, 6.45) is -1.78. The Hall–Kier alpha value is -2.19. The number of rotatable bonds is 5. The molecule has 0 bridgehead atoms. The Balaban J connectivity index is 1.39. The molecule has 0 saturated carbocycles. The van der Waals surface area contributed by atoms with E-state index in [9.17, 15) is 13.2 Å². The van der Waals surface area contributed by atoms with Gasteiger partial charge in [-0.15, -0.1) is 11.3 Å². The maximum Gasteiger partial charge on any atom is 0.393 e. The molecule has 148 valence electrons. The molecule has 0 atom stereocenters. The van der Waals surface area contributed by atoms with E-state index in [-0.39, 0.29) is 10.9 Å². The van der Waals surface area contributed by atoms with Gasteiger partial charge >= 0.3 is 6.18 Å². The molecular formula is C20H21F3N4S. The zero-order valence-electron chi connectivity index (χ0n) is 15.2. The molecule has 2 aromatic heterocycles. The van der Waals surface area contributed by atoms with Crippen LogP contribution < -0.4 is 5.32 Å². The highest BCUT2D eigenvalue weighted by molar-refractivity contribution is 7.18. The van der Waals surface area contributed by atoms with Gasteiger partial charge in [0.15, 0.2) is 0 Å². The summed E-state index contributed by atoms with van der Waals surface area (Å²) in [5.74, 6) is 0.635. The summed E-state index contributed by atoms with van der Waals surface area (Å²) in [4.78, 5) is 11.7. The number of fused-ring (bicyclic) bond motifs is 1. The maximum atomic E-state index is 12.7. The number of anilines is 1. The van der Waals surface area contributed by atoms with Crippen LogP contribution in [0.4, 0.5) is 19.0 Å². The van der Waals surface area contributed by atoms with E-state index in [0.717, 1.165) is 43.8 Å². The van der Waals surface area contributed by atoms with E-state index in [1.807, 2.05) is 6.07 Å². The first-order valence-electron chi connectivity index (χ1n) is 9.29. The minimum absolute atomic E-state index is 0.260. The number of hydrogen-bond acceptors (Lipinski definition) is 5. The Morgan fingerprint density at radius 1 is 1.11 bits per heavy atom. The summed E-state index contributed by atoms with van der Waals surface area (Å²) in [6.45, 7) is 2.89. The first kappa shape index (κ1) is 19.1. The largest absolute Gasteiger partial charge is 0.393 e. The molecule has 0 aliphatic carbocycles. The fourth-order valence-electron chi connectivity index (χ4n) is 3.58. The Morgan fingerprint density at radius 3 is 2.57 bits per heavy atom. The Bertz CT molecular complexity index is 918. The molecular weight excluding hydrogens is 385 g/mol. The molecule has 4 nitrogen and oxygen atoms in total. The summed E-state index contributed by atoms with van der Waals surface area (Å²) < 4.78 is 38.1. The number of thiophene rings is 1. The van der Waals surface area contributed by atoms with Gasteiger partial charge < -0.3 is 5.32 Å². The molecule has 1 saturated heterocycles. The normalized spacial score (nSPS) is 16.5. The number of aromatic nitrogens is 2. The lowest BCUT2D eigenvalue weighted by Gasteiger charge is -2.32. The average Bonchev–Trinajstić information content (AvgIpc) is 3.06. The van der Waals surface area contributed by atoms with Crippen LogP contribution in [0.25, 0.3) is 10.2 Å². The number of nitrogens with zero attached hydrogens (tertiary/aromatic N) is 3. The minimum Gasteiger partial charge on any atom is -0.367 e. The first-order valence-corrected chi connectivity index (χ1v) is 10.1. The highest BCUT2D eigenvalue weighted by atomic mass is 32.1. The van der Waals surface area contributed by atoms with Crippen LogP contribution in [0.3, 0.4) is 0 Å². The molecule has 1 fully saturated rings. The predicted octanol–water partition coefficient (Wildman–Crippen LogP) is 4.87. The van der Waals surface area contributed by atoms with E-state index in [1.54, 1.807) is 6.07 Å². The number of halogens is 3. The van der Waals surface area contributed by atoms with Crippen molar-refractivity contribution in [3.8, 4) is 0 Å². The van der Waals surface area contributed by atoms with Crippen molar-refractivity contribution in [3.05, 3.63) is 53.2 Å². The zero-order chi connectivity index (χ0) is 19.6. The highest BCUT2D eigenvalue weighted by Crippen LogP contribution is 2.33. The van der Waals surface area contributed by atoms with Gasteiger partial charge in [0.25, 0.3) is 0 Å². The lowest BCUT2D eigenvalue weighted by atomic mass is 10.0. The fraction of sp³-hybridized carbons (Fsp3) is 0.400. The molecule has 3 aromatic rings. The Labute approximate surface area is 165 Å². The molecule has 4 rings (SSSR count). The number of benzene rings is 1. The van der Waals surface area contributed by atoms with Crippen molar-refractivity contribution in [2.24, 2.45) is 0 Å². The molecule has 1 aliphatic rings. The van der Waals surface area contributed by atoms with Crippen LogP contribution in [-0.2, 0) is 13.0 Å². The van der Waals surface area contributed by atoms with Gasteiger partial charge in [-0.25, -0.2) is 9.97 Å². The topological polar surface area (TPSA) is 41.0 Å². The van der Waals surface area contributed by atoms with Crippen LogP contribution >= 0.6 is 11.3 Å². The number of alkyl halides is 3.